The number of nitrogens with zero attached hydrogens (tertiary/aromatic N) is 1. The normalized spacial score (nSPS) is 16.3. The number of hydrogen-bond donors (Lipinski definition) is 1. The minimum atomic E-state index is 0.536. The molecule has 0 unspecified atom stereocenters. The first-order valence-electron chi connectivity index (χ1n) is 6.41. The van der Waals surface area contributed by atoms with Crippen LogP contribution in [-0.2, 0) is 0 Å². The van der Waals surface area contributed by atoms with Crippen molar-refractivity contribution < 1.29 is 0 Å². The lowest BCUT2D eigenvalue weighted by molar-refractivity contribution is 0.441. The van der Waals surface area contributed by atoms with E-state index in [1.807, 2.05) is 30.5 Å². The molecule has 0 radical (unpaired) electrons. The fourth-order valence-corrected chi connectivity index (χ4v) is 2.15. The summed E-state index contributed by atoms with van der Waals surface area (Å²) in [6.45, 7) is 0. The third-order valence-corrected chi connectivity index (χ3v) is 3.16. The van der Waals surface area contributed by atoms with Gasteiger partial charge in [-0.1, -0.05) is 43.5 Å². The van der Waals surface area contributed by atoms with Crippen molar-refractivity contribution in [3.05, 3.63) is 42.6 Å². The smallest absolute Gasteiger partial charge is 0.0701 e. The van der Waals surface area contributed by atoms with Crippen LogP contribution in [-0.4, -0.2) is 11.0 Å². The molecule has 0 bridgehead atoms. The van der Waals surface area contributed by atoms with Crippen LogP contribution in [0.1, 0.15) is 32.1 Å². The van der Waals surface area contributed by atoms with Crippen LogP contribution in [0.15, 0.2) is 42.6 Å². The van der Waals surface area contributed by atoms with E-state index in [1.54, 1.807) is 0 Å². The van der Waals surface area contributed by atoms with Crippen molar-refractivity contribution in [1.29, 1.82) is 0 Å². The molecule has 0 saturated heterocycles. The molecule has 2 heteroatoms. The van der Waals surface area contributed by atoms with Crippen molar-refractivity contribution in [2.45, 2.75) is 38.1 Å². The maximum atomic E-state index is 5.63. The summed E-state index contributed by atoms with van der Waals surface area (Å²) in [5, 5.41) is 1.20. The van der Waals surface area contributed by atoms with Gasteiger partial charge in [0.1, 0.15) is 0 Å². The Hall–Kier alpha value is -1.41. The predicted octanol–water partition coefficient (Wildman–Crippen LogP) is 3.51. The highest BCUT2D eigenvalue weighted by Gasteiger charge is 2.06. The van der Waals surface area contributed by atoms with Gasteiger partial charge < -0.3 is 5.73 Å². The highest BCUT2D eigenvalue weighted by molar-refractivity contribution is 5.77. The summed E-state index contributed by atoms with van der Waals surface area (Å²) in [6.07, 6.45) is 8.47. The van der Waals surface area contributed by atoms with E-state index in [-0.39, 0.29) is 0 Å². The molecule has 0 spiro atoms. The van der Waals surface area contributed by atoms with Crippen LogP contribution in [0.3, 0.4) is 0 Å². The second-order valence-electron chi connectivity index (χ2n) is 4.59. The fourth-order valence-electron chi connectivity index (χ4n) is 2.15. The minimum Gasteiger partial charge on any atom is -0.328 e. The van der Waals surface area contributed by atoms with E-state index in [1.165, 1.54) is 37.5 Å². The van der Waals surface area contributed by atoms with E-state index < -0.39 is 0 Å². The average Bonchev–Trinajstić information content (AvgIpc) is 2.41. The number of fused-ring (bicyclic) bond motifs is 1. The van der Waals surface area contributed by atoms with Crippen molar-refractivity contribution in [3.8, 4) is 0 Å². The van der Waals surface area contributed by atoms with Gasteiger partial charge in [-0.3, -0.25) is 4.98 Å². The van der Waals surface area contributed by atoms with Crippen molar-refractivity contribution >= 4 is 10.9 Å². The summed E-state index contributed by atoms with van der Waals surface area (Å²) < 4.78 is 0. The van der Waals surface area contributed by atoms with Gasteiger partial charge >= 0.3 is 0 Å². The Kier molecular flexibility index (Phi) is 4.51. The number of para-hydroxylation sites is 1. The molecule has 1 aromatic heterocycles. The largest absolute Gasteiger partial charge is 0.328 e. The van der Waals surface area contributed by atoms with Gasteiger partial charge in [-0.25, -0.2) is 0 Å². The number of hydrogen-bond acceptors (Lipinski definition) is 2. The number of nitrogens with two attached hydrogens (primary N) is 1. The molecule has 17 heavy (non-hydrogen) atoms. The molecule has 0 amide bonds. The van der Waals surface area contributed by atoms with E-state index in [4.69, 9.17) is 5.73 Å². The van der Waals surface area contributed by atoms with Crippen LogP contribution >= 0.6 is 0 Å². The Morgan fingerprint density at radius 2 is 1.65 bits per heavy atom. The Bertz CT molecular complexity index is 382. The highest BCUT2D eigenvalue weighted by Crippen LogP contribution is 2.14. The zero-order chi connectivity index (χ0) is 11.9. The number of aromatic nitrogens is 1. The molecule has 3 rings (SSSR count). The van der Waals surface area contributed by atoms with Crippen molar-refractivity contribution in [2.24, 2.45) is 5.73 Å². The fraction of sp³-hybridized carbons (Fsp3) is 0.400. The first-order valence-corrected chi connectivity index (χ1v) is 6.41. The van der Waals surface area contributed by atoms with Gasteiger partial charge in [0, 0.05) is 17.6 Å². The molecular weight excluding hydrogens is 208 g/mol. The van der Waals surface area contributed by atoms with E-state index in [0.29, 0.717) is 6.04 Å². The van der Waals surface area contributed by atoms with Crippen LogP contribution in [0.4, 0.5) is 0 Å². The molecule has 0 atom stereocenters. The minimum absolute atomic E-state index is 0.536. The second-order valence-corrected chi connectivity index (χ2v) is 4.59. The zero-order valence-corrected chi connectivity index (χ0v) is 10.2. The number of pyridine rings is 1. The lowest BCUT2D eigenvalue weighted by Gasteiger charge is -2.15. The summed E-state index contributed by atoms with van der Waals surface area (Å²) in [7, 11) is 0. The van der Waals surface area contributed by atoms with Gasteiger partial charge in [0.15, 0.2) is 0 Å². The van der Waals surface area contributed by atoms with Crippen LogP contribution in [0.5, 0.6) is 0 Å². The standard InChI is InChI=1S/C9H7N.C6H13N/c1-2-6-9-8(4-1)5-3-7-10-9;7-6-4-2-1-3-5-6/h1-7H;6H,1-5,7H2. The number of rotatable bonds is 0. The van der Waals surface area contributed by atoms with Gasteiger partial charge in [0.2, 0.25) is 0 Å². The van der Waals surface area contributed by atoms with Gasteiger partial charge in [-0.2, -0.15) is 0 Å². The van der Waals surface area contributed by atoms with Crippen molar-refractivity contribution in [3.63, 3.8) is 0 Å². The average molecular weight is 228 g/mol. The zero-order valence-electron chi connectivity index (χ0n) is 10.2. The molecular formula is C15H20N2. The molecule has 0 aliphatic heterocycles. The van der Waals surface area contributed by atoms with Crippen LogP contribution in [0, 0.1) is 0 Å². The Balaban J connectivity index is 0.000000136. The SMILES string of the molecule is NC1CCCCC1.c1ccc2ncccc2c1. The van der Waals surface area contributed by atoms with Crippen LogP contribution < -0.4 is 5.73 Å². The summed E-state index contributed by atoms with van der Waals surface area (Å²) in [4.78, 5) is 4.18. The summed E-state index contributed by atoms with van der Waals surface area (Å²) in [5.41, 5.74) is 6.69. The Morgan fingerprint density at radius 1 is 0.941 bits per heavy atom. The van der Waals surface area contributed by atoms with Crippen molar-refractivity contribution in [1.82, 2.24) is 4.98 Å². The maximum absolute atomic E-state index is 5.63. The first-order chi connectivity index (χ1) is 8.36. The second kappa shape index (κ2) is 6.36. The van der Waals surface area contributed by atoms with E-state index in [2.05, 4.69) is 17.1 Å². The van der Waals surface area contributed by atoms with E-state index in [0.717, 1.165) is 5.52 Å². The topological polar surface area (TPSA) is 38.9 Å². The van der Waals surface area contributed by atoms with Crippen LogP contribution in [0.2, 0.25) is 0 Å². The monoisotopic (exact) mass is 228 g/mol. The molecule has 1 heterocycles. The Morgan fingerprint density at radius 3 is 2.29 bits per heavy atom. The molecule has 1 fully saturated rings. The predicted molar refractivity (Wildman–Crippen MR) is 72.8 cm³/mol. The Labute approximate surface area is 103 Å². The molecule has 2 N–H and O–H groups in total. The quantitative estimate of drug-likeness (QED) is 0.749. The van der Waals surface area contributed by atoms with Gasteiger partial charge in [-0.05, 0) is 25.0 Å². The summed E-state index contributed by atoms with van der Waals surface area (Å²) in [6, 6.07) is 12.6. The van der Waals surface area contributed by atoms with Gasteiger partial charge in [0.25, 0.3) is 0 Å². The highest BCUT2D eigenvalue weighted by atomic mass is 14.6. The molecule has 90 valence electrons. The molecule has 1 aromatic carbocycles. The molecule has 1 aliphatic rings. The maximum Gasteiger partial charge on any atom is 0.0701 e. The van der Waals surface area contributed by atoms with Gasteiger partial charge in [0.05, 0.1) is 5.52 Å². The first kappa shape index (κ1) is 12.1. The summed E-state index contributed by atoms with van der Waals surface area (Å²) in [5.74, 6) is 0. The van der Waals surface area contributed by atoms with Crippen molar-refractivity contribution in [2.75, 3.05) is 0 Å². The molecule has 1 saturated carbocycles. The summed E-state index contributed by atoms with van der Waals surface area (Å²) >= 11 is 0. The lowest BCUT2D eigenvalue weighted by Crippen LogP contribution is -2.22. The lowest BCUT2D eigenvalue weighted by atomic mass is 9.97. The molecule has 2 aromatic rings. The third kappa shape index (κ3) is 3.82. The van der Waals surface area contributed by atoms with E-state index >= 15 is 0 Å². The number of benzene rings is 1. The van der Waals surface area contributed by atoms with Crippen LogP contribution in [0.25, 0.3) is 10.9 Å². The molecule has 1 aliphatic carbocycles. The van der Waals surface area contributed by atoms with Gasteiger partial charge in [-0.15, -0.1) is 0 Å². The van der Waals surface area contributed by atoms with E-state index in [9.17, 15) is 0 Å². The third-order valence-electron chi connectivity index (χ3n) is 3.16. The molecule has 2 nitrogen and oxygen atoms in total.